The van der Waals surface area contributed by atoms with E-state index in [1.807, 2.05) is 6.92 Å². The van der Waals surface area contributed by atoms with Gasteiger partial charge >= 0.3 is 0 Å². The van der Waals surface area contributed by atoms with Crippen molar-refractivity contribution in [1.82, 2.24) is 5.32 Å². The fourth-order valence-corrected chi connectivity index (χ4v) is 2.04. The van der Waals surface area contributed by atoms with E-state index in [4.69, 9.17) is 5.73 Å². The Morgan fingerprint density at radius 1 is 1.50 bits per heavy atom. The van der Waals surface area contributed by atoms with Crippen molar-refractivity contribution in [3.63, 3.8) is 0 Å². The average Bonchev–Trinajstić information content (AvgIpc) is 2.37. The molecule has 1 unspecified atom stereocenters. The second-order valence-corrected chi connectivity index (χ2v) is 4.85. The van der Waals surface area contributed by atoms with Crippen molar-refractivity contribution in [1.29, 1.82) is 0 Å². The summed E-state index contributed by atoms with van der Waals surface area (Å²) in [5.41, 5.74) is 7.19. The van der Waals surface area contributed by atoms with Gasteiger partial charge in [0.05, 0.1) is 4.92 Å². The van der Waals surface area contributed by atoms with E-state index in [2.05, 4.69) is 5.32 Å². The summed E-state index contributed by atoms with van der Waals surface area (Å²) in [5.74, 6) is -0.128. The summed E-state index contributed by atoms with van der Waals surface area (Å²) >= 11 is 0. The van der Waals surface area contributed by atoms with Gasteiger partial charge in [-0.3, -0.25) is 14.9 Å². The molecule has 0 aliphatic carbocycles. The second-order valence-electron chi connectivity index (χ2n) is 4.85. The monoisotopic (exact) mass is 279 g/mol. The summed E-state index contributed by atoms with van der Waals surface area (Å²) in [7, 11) is 0. The molecule has 0 aromatic heterocycles. The van der Waals surface area contributed by atoms with Crippen molar-refractivity contribution >= 4 is 11.6 Å². The van der Waals surface area contributed by atoms with Crippen molar-refractivity contribution in [3.8, 4) is 0 Å². The van der Waals surface area contributed by atoms with Gasteiger partial charge in [0.1, 0.15) is 0 Å². The Hall–Kier alpha value is -1.95. The Morgan fingerprint density at radius 2 is 2.20 bits per heavy atom. The summed E-state index contributed by atoms with van der Waals surface area (Å²) in [6.45, 7) is 3.98. The van der Waals surface area contributed by atoms with E-state index >= 15 is 0 Å². The number of carbonyl (C=O) groups is 1. The summed E-state index contributed by atoms with van der Waals surface area (Å²) in [6.07, 6.45) is 2.03. The van der Waals surface area contributed by atoms with Crippen molar-refractivity contribution in [2.24, 2.45) is 5.73 Å². The van der Waals surface area contributed by atoms with Gasteiger partial charge in [-0.2, -0.15) is 0 Å². The largest absolute Gasteiger partial charge is 0.352 e. The minimum absolute atomic E-state index is 0.0689. The molecule has 110 valence electrons. The van der Waals surface area contributed by atoms with Crippen LogP contribution in [0.3, 0.4) is 0 Å². The minimum atomic E-state index is -0.419. The fraction of sp³-hybridized carbons (Fsp3) is 0.500. The lowest BCUT2D eigenvalue weighted by Gasteiger charge is -2.11. The SMILES string of the molecule is CCCC(N)CC(=O)NCc1cccc([N+](=O)[O-])c1C. The Bertz CT molecular complexity index is 489. The van der Waals surface area contributed by atoms with Gasteiger partial charge in [0.25, 0.3) is 5.69 Å². The number of amides is 1. The molecule has 0 aliphatic rings. The summed E-state index contributed by atoms with van der Waals surface area (Å²) in [4.78, 5) is 22.1. The second kappa shape index (κ2) is 7.59. The number of nitrogens with zero attached hydrogens (tertiary/aromatic N) is 1. The zero-order valence-electron chi connectivity index (χ0n) is 11.9. The van der Waals surface area contributed by atoms with E-state index in [-0.39, 0.29) is 30.6 Å². The molecule has 1 rings (SSSR count). The number of nitro groups is 1. The lowest BCUT2D eigenvalue weighted by Crippen LogP contribution is -2.31. The molecule has 1 amide bonds. The van der Waals surface area contributed by atoms with Crippen LogP contribution >= 0.6 is 0 Å². The third kappa shape index (κ3) is 4.62. The number of rotatable bonds is 7. The van der Waals surface area contributed by atoms with Crippen LogP contribution in [0.5, 0.6) is 0 Å². The molecule has 20 heavy (non-hydrogen) atoms. The first kappa shape index (κ1) is 16.1. The Labute approximate surface area is 118 Å². The number of carbonyl (C=O) groups excluding carboxylic acids is 1. The van der Waals surface area contributed by atoms with E-state index in [9.17, 15) is 14.9 Å². The smallest absolute Gasteiger partial charge is 0.272 e. The lowest BCUT2D eigenvalue weighted by atomic mass is 10.1. The third-order valence-electron chi connectivity index (χ3n) is 3.20. The molecule has 1 aromatic carbocycles. The van der Waals surface area contributed by atoms with Crippen LogP contribution in [0.1, 0.15) is 37.3 Å². The number of nitrogens with one attached hydrogen (secondary N) is 1. The van der Waals surface area contributed by atoms with E-state index in [0.29, 0.717) is 5.56 Å². The number of nitrogens with two attached hydrogens (primary N) is 1. The fourth-order valence-electron chi connectivity index (χ4n) is 2.04. The van der Waals surface area contributed by atoms with E-state index in [1.165, 1.54) is 6.07 Å². The highest BCUT2D eigenvalue weighted by Gasteiger charge is 2.14. The Kier molecular flexibility index (Phi) is 6.11. The maximum atomic E-state index is 11.7. The molecule has 1 atom stereocenters. The molecule has 0 spiro atoms. The lowest BCUT2D eigenvalue weighted by molar-refractivity contribution is -0.385. The summed E-state index contributed by atoms with van der Waals surface area (Å²) in [5, 5.41) is 13.6. The van der Waals surface area contributed by atoms with Crippen molar-refractivity contribution in [2.45, 2.75) is 45.7 Å². The quantitative estimate of drug-likeness (QED) is 0.589. The topological polar surface area (TPSA) is 98.3 Å². The third-order valence-corrected chi connectivity index (χ3v) is 3.20. The van der Waals surface area contributed by atoms with Crippen LogP contribution in [0.2, 0.25) is 0 Å². The van der Waals surface area contributed by atoms with Crippen LogP contribution in [0.15, 0.2) is 18.2 Å². The first-order chi connectivity index (χ1) is 9.45. The van der Waals surface area contributed by atoms with Gasteiger partial charge in [-0.1, -0.05) is 25.5 Å². The molecule has 6 heteroatoms. The van der Waals surface area contributed by atoms with Gasteiger partial charge in [-0.15, -0.1) is 0 Å². The molecule has 1 aromatic rings. The Morgan fingerprint density at radius 3 is 2.80 bits per heavy atom. The maximum absolute atomic E-state index is 11.7. The van der Waals surface area contributed by atoms with E-state index < -0.39 is 4.92 Å². The molecular formula is C14H21N3O3. The normalized spacial score (nSPS) is 11.9. The highest BCUT2D eigenvalue weighted by atomic mass is 16.6. The van der Waals surface area contributed by atoms with Crippen LogP contribution in [0.25, 0.3) is 0 Å². The molecule has 3 N–H and O–H groups in total. The van der Waals surface area contributed by atoms with E-state index in [1.54, 1.807) is 19.1 Å². The molecule has 0 bridgehead atoms. The van der Waals surface area contributed by atoms with Gasteiger partial charge in [0.2, 0.25) is 5.91 Å². The van der Waals surface area contributed by atoms with Gasteiger partial charge in [0.15, 0.2) is 0 Å². The van der Waals surface area contributed by atoms with Crippen molar-refractivity contribution in [3.05, 3.63) is 39.4 Å². The average molecular weight is 279 g/mol. The van der Waals surface area contributed by atoms with Crippen LogP contribution < -0.4 is 11.1 Å². The molecular weight excluding hydrogens is 258 g/mol. The van der Waals surface area contributed by atoms with Gasteiger partial charge < -0.3 is 11.1 Å². The number of hydrogen-bond donors (Lipinski definition) is 2. The first-order valence-electron chi connectivity index (χ1n) is 6.70. The highest BCUT2D eigenvalue weighted by molar-refractivity contribution is 5.76. The molecule has 0 fully saturated rings. The number of benzene rings is 1. The van der Waals surface area contributed by atoms with Crippen molar-refractivity contribution < 1.29 is 9.72 Å². The predicted molar refractivity (Wildman–Crippen MR) is 77.2 cm³/mol. The van der Waals surface area contributed by atoms with Crippen molar-refractivity contribution in [2.75, 3.05) is 0 Å². The Balaban J connectivity index is 2.60. The highest BCUT2D eigenvalue weighted by Crippen LogP contribution is 2.20. The van der Waals surface area contributed by atoms with Crippen LogP contribution in [-0.2, 0) is 11.3 Å². The molecule has 0 heterocycles. The molecule has 0 saturated carbocycles. The maximum Gasteiger partial charge on any atom is 0.272 e. The summed E-state index contributed by atoms with van der Waals surface area (Å²) < 4.78 is 0. The number of hydrogen-bond acceptors (Lipinski definition) is 4. The van der Waals surface area contributed by atoms with E-state index in [0.717, 1.165) is 18.4 Å². The molecule has 0 radical (unpaired) electrons. The molecule has 6 nitrogen and oxygen atoms in total. The van der Waals surface area contributed by atoms with Crippen LogP contribution in [0.4, 0.5) is 5.69 Å². The molecule has 0 saturated heterocycles. The standard InChI is InChI=1S/C14H21N3O3/c1-3-5-12(15)8-14(18)16-9-11-6-4-7-13(10(11)2)17(19)20/h4,6-7,12H,3,5,8-9,15H2,1-2H3,(H,16,18). The minimum Gasteiger partial charge on any atom is -0.352 e. The van der Waals surface area contributed by atoms with Crippen LogP contribution in [0, 0.1) is 17.0 Å². The van der Waals surface area contributed by atoms with Gasteiger partial charge in [0, 0.05) is 30.6 Å². The van der Waals surface area contributed by atoms with Gasteiger partial charge in [-0.25, -0.2) is 0 Å². The summed E-state index contributed by atoms with van der Waals surface area (Å²) in [6, 6.07) is 4.72. The zero-order valence-corrected chi connectivity index (χ0v) is 11.9. The first-order valence-corrected chi connectivity index (χ1v) is 6.70. The van der Waals surface area contributed by atoms with Gasteiger partial charge in [-0.05, 0) is 18.9 Å². The van der Waals surface area contributed by atoms with Crippen LogP contribution in [-0.4, -0.2) is 16.9 Å². The molecule has 0 aliphatic heterocycles. The zero-order chi connectivity index (χ0) is 15.1. The number of nitro benzene ring substituents is 1. The predicted octanol–water partition coefficient (Wildman–Crippen LogP) is 2.04.